The van der Waals surface area contributed by atoms with E-state index in [4.69, 9.17) is 4.74 Å². The number of ether oxygens (including phenoxy) is 1. The minimum Gasteiger partial charge on any atom is -0.370 e. The van der Waals surface area contributed by atoms with Gasteiger partial charge in [-0.15, -0.1) is 5.10 Å². The van der Waals surface area contributed by atoms with E-state index in [1.807, 2.05) is 66.9 Å². The number of benzene rings is 2. The molecule has 4 rings (SSSR count). The Hall–Kier alpha value is -2.55. The van der Waals surface area contributed by atoms with E-state index in [-0.39, 0.29) is 11.8 Å². The first-order chi connectivity index (χ1) is 14.1. The van der Waals surface area contributed by atoms with Gasteiger partial charge in [0, 0.05) is 13.1 Å². The van der Waals surface area contributed by atoms with Crippen molar-refractivity contribution in [2.75, 3.05) is 13.1 Å². The summed E-state index contributed by atoms with van der Waals surface area (Å²) in [4.78, 5) is 0. The minimum atomic E-state index is -3.34. The lowest BCUT2D eigenvalue weighted by Crippen LogP contribution is -2.30. The predicted molar refractivity (Wildman–Crippen MR) is 109 cm³/mol. The molecular weight excluding hydrogens is 388 g/mol. The van der Waals surface area contributed by atoms with Crippen LogP contribution < -0.4 is 0 Å². The van der Waals surface area contributed by atoms with Crippen molar-refractivity contribution in [3.63, 3.8) is 0 Å². The second-order valence-corrected chi connectivity index (χ2v) is 9.18. The number of hydrogen-bond donors (Lipinski definition) is 0. The van der Waals surface area contributed by atoms with Gasteiger partial charge in [0.15, 0.2) is 0 Å². The van der Waals surface area contributed by atoms with E-state index in [9.17, 15) is 8.42 Å². The third-order valence-corrected chi connectivity index (χ3v) is 6.82. The molecule has 1 saturated heterocycles. The van der Waals surface area contributed by atoms with Crippen molar-refractivity contribution >= 4 is 10.0 Å². The number of rotatable bonds is 8. The van der Waals surface area contributed by atoms with Crippen LogP contribution in [-0.4, -0.2) is 40.8 Å². The molecule has 0 N–H and O–H groups in total. The van der Waals surface area contributed by atoms with E-state index < -0.39 is 10.0 Å². The lowest BCUT2D eigenvalue weighted by molar-refractivity contribution is 0.104. The molecule has 152 valence electrons. The van der Waals surface area contributed by atoms with Crippen molar-refractivity contribution in [3.05, 3.63) is 83.7 Å². The Kier molecular flexibility index (Phi) is 6.03. The Balaban J connectivity index is 1.31. The third-order valence-electron chi connectivity index (χ3n) is 5.00. The van der Waals surface area contributed by atoms with Crippen LogP contribution in [0.3, 0.4) is 0 Å². The summed E-state index contributed by atoms with van der Waals surface area (Å²) in [5.74, 6) is 0.0243. The topological polar surface area (TPSA) is 77.3 Å². The molecule has 1 atom stereocenters. The molecule has 0 bridgehead atoms. The highest BCUT2D eigenvalue weighted by molar-refractivity contribution is 7.88. The van der Waals surface area contributed by atoms with Gasteiger partial charge in [0.2, 0.25) is 10.0 Å². The SMILES string of the molecule is O=S(=O)(Cc1ccccc1)N1CCC(n2cc(COCc3ccccc3)nn2)C1. The van der Waals surface area contributed by atoms with Crippen LogP contribution in [0, 0.1) is 0 Å². The highest BCUT2D eigenvalue weighted by Gasteiger charge is 2.32. The summed E-state index contributed by atoms with van der Waals surface area (Å²) in [5.41, 5.74) is 2.65. The van der Waals surface area contributed by atoms with Gasteiger partial charge in [0.1, 0.15) is 5.69 Å². The van der Waals surface area contributed by atoms with Crippen LogP contribution in [0.15, 0.2) is 66.9 Å². The first-order valence-corrected chi connectivity index (χ1v) is 11.3. The van der Waals surface area contributed by atoms with Crippen LogP contribution in [-0.2, 0) is 33.7 Å². The molecule has 0 saturated carbocycles. The molecule has 7 nitrogen and oxygen atoms in total. The minimum absolute atomic E-state index is 0.00378. The van der Waals surface area contributed by atoms with Crippen molar-refractivity contribution in [1.29, 1.82) is 0 Å². The normalized spacial score (nSPS) is 17.6. The summed E-state index contributed by atoms with van der Waals surface area (Å²) < 4.78 is 34.5. The highest BCUT2D eigenvalue weighted by Crippen LogP contribution is 2.25. The first-order valence-electron chi connectivity index (χ1n) is 9.64. The van der Waals surface area contributed by atoms with Gasteiger partial charge < -0.3 is 4.74 Å². The van der Waals surface area contributed by atoms with Gasteiger partial charge in [-0.3, -0.25) is 0 Å². The van der Waals surface area contributed by atoms with Gasteiger partial charge in [-0.1, -0.05) is 65.9 Å². The molecule has 29 heavy (non-hydrogen) atoms. The molecule has 8 heteroatoms. The third kappa shape index (κ3) is 5.09. The largest absolute Gasteiger partial charge is 0.370 e. The summed E-state index contributed by atoms with van der Waals surface area (Å²) in [6, 6.07) is 19.2. The molecule has 1 unspecified atom stereocenters. The second-order valence-electron chi connectivity index (χ2n) is 7.21. The van der Waals surface area contributed by atoms with Crippen molar-refractivity contribution in [3.8, 4) is 0 Å². The lowest BCUT2D eigenvalue weighted by Gasteiger charge is -2.16. The van der Waals surface area contributed by atoms with E-state index >= 15 is 0 Å². The lowest BCUT2D eigenvalue weighted by atomic mass is 10.2. The standard InChI is InChI=1S/C21H24N4O3S/c26-29(27,17-19-9-5-2-6-10-19)24-12-11-21(14-24)25-13-20(22-23-25)16-28-15-18-7-3-1-4-8-18/h1-10,13,21H,11-12,14-17H2. The Morgan fingerprint density at radius 1 is 0.966 bits per heavy atom. The summed E-state index contributed by atoms with van der Waals surface area (Å²) >= 11 is 0. The van der Waals surface area contributed by atoms with Crippen LogP contribution in [0.1, 0.15) is 29.3 Å². The molecule has 1 fully saturated rings. The average molecular weight is 413 g/mol. The van der Waals surface area contributed by atoms with Crippen LogP contribution >= 0.6 is 0 Å². The van der Waals surface area contributed by atoms with Crippen LogP contribution in [0.4, 0.5) is 0 Å². The predicted octanol–water partition coefficient (Wildman–Crippen LogP) is 2.77. The number of nitrogens with zero attached hydrogens (tertiary/aromatic N) is 4. The molecule has 3 aromatic rings. The van der Waals surface area contributed by atoms with Gasteiger partial charge in [-0.2, -0.15) is 4.31 Å². The Morgan fingerprint density at radius 2 is 1.66 bits per heavy atom. The van der Waals surface area contributed by atoms with Gasteiger partial charge in [-0.25, -0.2) is 13.1 Å². The average Bonchev–Trinajstić information content (AvgIpc) is 3.39. The van der Waals surface area contributed by atoms with E-state index in [2.05, 4.69) is 10.3 Å². The van der Waals surface area contributed by atoms with Crippen molar-refractivity contribution in [2.45, 2.75) is 31.4 Å². The molecule has 1 aromatic heterocycles. The Labute approximate surface area is 171 Å². The quantitative estimate of drug-likeness (QED) is 0.569. The second kappa shape index (κ2) is 8.86. The summed E-state index contributed by atoms with van der Waals surface area (Å²) in [6.07, 6.45) is 2.57. The zero-order chi connectivity index (χ0) is 20.1. The molecule has 0 amide bonds. The molecule has 0 aliphatic carbocycles. The maximum Gasteiger partial charge on any atom is 0.218 e. The van der Waals surface area contributed by atoms with Crippen LogP contribution in [0.2, 0.25) is 0 Å². The molecule has 1 aliphatic rings. The highest BCUT2D eigenvalue weighted by atomic mass is 32.2. The van der Waals surface area contributed by atoms with Gasteiger partial charge in [0.25, 0.3) is 0 Å². The van der Waals surface area contributed by atoms with Crippen molar-refractivity contribution < 1.29 is 13.2 Å². The fraction of sp³-hybridized carbons (Fsp3) is 0.333. The Bertz CT molecular complexity index is 1020. The van der Waals surface area contributed by atoms with E-state index in [0.717, 1.165) is 23.2 Å². The summed E-state index contributed by atoms with van der Waals surface area (Å²) in [6.45, 7) is 1.81. The fourth-order valence-electron chi connectivity index (χ4n) is 3.46. The summed E-state index contributed by atoms with van der Waals surface area (Å²) in [7, 11) is -3.34. The zero-order valence-electron chi connectivity index (χ0n) is 16.1. The number of sulfonamides is 1. The Morgan fingerprint density at radius 3 is 2.38 bits per heavy atom. The maximum atomic E-state index is 12.7. The number of hydrogen-bond acceptors (Lipinski definition) is 5. The molecular formula is C21H24N4O3S. The molecule has 0 spiro atoms. The summed E-state index contributed by atoms with van der Waals surface area (Å²) in [5, 5.41) is 8.36. The molecule has 2 aromatic carbocycles. The van der Waals surface area contributed by atoms with Crippen LogP contribution in [0.25, 0.3) is 0 Å². The molecule has 2 heterocycles. The first kappa shape index (κ1) is 19.8. The van der Waals surface area contributed by atoms with Gasteiger partial charge >= 0.3 is 0 Å². The monoisotopic (exact) mass is 412 g/mol. The fourth-order valence-corrected chi connectivity index (χ4v) is 5.04. The van der Waals surface area contributed by atoms with E-state index in [0.29, 0.717) is 26.3 Å². The van der Waals surface area contributed by atoms with Crippen LogP contribution in [0.5, 0.6) is 0 Å². The van der Waals surface area contributed by atoms with E-state index in [1.165, 1.54) is 0 Å². The maximum absolute atomic E-state index is 12.7. The smallest absolute Gasteiger partial charge is 0.218 e. The van der Waals surface area contributed by atoms with E-state index in [1.54, 1.807) is 8.99 Å². The van der Waals surface area contributed by atoms with Crippen molar-refractivity contribution in [2.24, 2.45) is 0 Å². The molecule has 1 aliphatic heterocycles. The number of aromatic nitrogens is 3. The van der Waals surface area contributed by atoms with Gasteiger partial charge in [0.05, 0.1) is 31.2 Å². The van der Waals surface area contributed by atoms with Crippen molar-refractivity contribution in [1.82, 2.24) is 19.3 Å². The van der Waals surface area contributed by atoms with Gasteiger partial charge in [-0.05, 0) is 17.5 Å². The zero-order valence-corrected chi connectivity index (χ0v) is 16.9. The molecule has 0 radical (unpaired) electrons.